The van der Waals surface area contributed by atoms with Gasteiger partial charge in [0.05, 0.1) is 5.56 Å². The molecule has 0 aliphatic carbocycles. The molecule has 0 spiro atoms. The molecular weight excluding hydrogens is 348 g/mol. The van der Waals surface area contributed by atoms with Gasteiger partial charge in [-0.25, -0.2) is 4.79 Å². The van der Waals surface area contributed by atoms with Crippen LogP contribution in [-0.2, 0) is 0 Å². The molecule has 4 aromatic carbocycles. The van der Waals surface area contributed by atoms with E-state index < -0.39 is 5.97 Å². The third kappa shape index (κ3) is 5.08. The molecule has 4 aromatic rings. The molecule has 0 saturated heterocycles. The number of aromatic hydroxyl groups is 1. The summed E-state index contributed by atoms with van der Waals surface area (Å²) in [5.41, 5.74) is 4.73. The second kappa shape index (κ2) is 9.19. The summed E-state index contributed by atoms with van der Waals surface area (Å²) in [6.07, 6.45) is 0. The molecule has 0 saturated carbocycles. The summed E-state index contributed by atoms with van der Waals surface area (Å²) in [5.74, 6) is -0.589. The van der Waals surface area contributed by atoms with Crippen LogP contribution < -0.4 is 0 Å². The molecule has 4 rings (SSSR count). The van der Waals surface area contributed by atoms with E-state index in [4.69, 9.17) is 10.2 Å². The van der Waals surface area contributed by atoms with Gasteiger partial charge in [0.1, 0.15) is 5.75 Å². The number of rotatable bonds is 3. The molecule has 3 nitrogen and oxygen atoms in total. The van der Waals surface area contributed by atoms with Crippen molar-refractivity contribution in [1.29, 1.82) is 0 Å². The minimum atomic E-state index is -0.894. The quantitative estimate of drug-likeness (QED) is 0.458. The molecule has 0 bridgehead atoms. The van der Waals surface area contributed by atoms with Gasteiger partial charge in [-0.1, -0.05) is 84.9 Å². The first kappa shape index (κ1) is 18.9. The molecule has 28 heavy (non-hydrogen) atoms. The van der Waals surface area contributed by atoms with E-state index in [1.807, 2.05) is 84.9 Å². The number of benzene rings is 4. The Morgan fingerprint density at radius 3 is 1.25 bits per heavy atom. The zero-order valence-corrected chi connectivity index (χ0v) is 15.2. The molecule has 138 valence electrons. The first-order valence-corrected chi connectivity index (χ1v) is 8.87. The Balaban J connectivity index is 0.000000162. The zero-order valence-electron chi connectivity index (χ0n) is 15.2. The highest BCUT2D eigenvalue weighted by molar-refractivity contribution is 5.88. The van der Waals surface area contributed by atoms with Gasteiger partial charge in [0.2, 0.25) is 0 Å². The van der Waals surface area contributed by atoms with Gasteiger partial charge in [0.15, 0.2) is 0 Å². The Kier molecular flexibility index (Phi) is 6.21. The van der Waals surface area contributed by atoms with Crippen LogP contribution in [0, 0.1) is 0 Å². The normalized spacial score (nSPS) is 9.86. The molecule has 0 radical (unpaired) electrons. The summed E-state index contributed by atoms with van der Waals surface area (Å²) < 4.78 is 0. The van der Waals surface area contributed by atoms with Crippen molar-refractivity contribution < 1.29 is 15.0 Å². The topological polar surface area (TPSA) is 57.5 Å². The Morgan fingerprint density at radius 2 is 0.857 bits per heavy atom. The van der Waals surface area contributed by atoms with E-state index in [9.17, 15) is 4.79 Å². The highest BCUT2D eigenvalue weighted by atomic mass is 16.4. The highest BCUT2D eigenvalue weighted by Gasteiger charge is 2.02. The summed E-state index contributed by atoms with van der Waals surface area (Å²) in [6, 6.07) is 34.0. The van der Waals surface area contributed by atoms with Crippen molar-refractivity contribution in [3.05, 3.63) is 115 Å². The molecule has 0 heterocycles. The van der Waals surface area contributed by atoms with Crippen LogP contribution in [0.3, 0.4) is 0 Å². The highest BCUT2D eigenvalue weighted by Crippen LogP contribution is 2.21. The van der Waals surface area contributed by atoms with Gasteiger partial charge < -0.3 is 10.2 Å². The van der Waals surface area contributed by atoms with Crippen LogP contribution in [0.4, 0.5) is 0 Å². The molecule has 0 aliphatic rings. The maximum atomic E-state index is 10.6. The number of phenols is 1. The van der Waals surface area contributed by atoms with Gasteiger partial charge in [-0.05, 0) is 46.5 Å². The standard InChI is InChI=1S/C13H10O2.C12H10O/c14-13(15)12-8-6-11(7-9-12)10-4-2-1-3-5-10;13-12-8-6-11(7-9-12)10-4-2-1-3-5-10/h1-9H,(H,14,15);1-9,13H. The minimum absolute atomic E-state index is 0.305. The predicted octanol–water partition coefficient (Wildman–Crippen LogP) is 6.11. The molecule has 0 aliphatic heterocycles. The second-order valence-corrected chi connectivity index (χ2v) is 6.16. The van der Waals surface area contributed by atoms with Gasteiger partial charge in [-0.2, -0.15) is 0 Å². The number of carboxylic acids is 1. The molecule has 3 heteroatoms. The van der Waals surface area contributed by atoms with Crippen LogP contribution in [0.1, 0.15) is 10.4 Å². The van der Waals surface area contributed by atoms with E-state index in [1.54, 1.807) is 24.3 Å². The molecule has 0 amide bonds. The smallest absolute Gasteiger partial charge is 0.335 e. The summed E-state index contributed by atoms with van der Waals surface area (Å²) in [7, 11) is 0. The molecule has 0 unspecified atom stereocenters. The van der Waals surface area contributed by atoms with Gasteiger partial charge in [0, 0.05) is 0 Å². The number of hydrogen-bond donors (Lipinski definition) is 2. The van der Waals surface area contributed by atoms with Gasteiger partial charge in [0.25, 0.3) is 0 Å². The van der Waals surface area contributed by atoms with Crippen molar-refractivity contribution in [2.45, 2.75) is 0 Å². The summed E-state index contributed by atoms with van der Waals surface area (Å²) in [4.78, 5) is 10.6. The van der Waals surface area contributed by atoms with Crippen LogP contribution >= 0.6 is 0 Å². The van der Waals surface area contributed by atoms with E-state index >= 15 is 0 Å². The van der Waals surface area contributed by atoms with E-state index in [1.165, 1.54) is 5.56 Å². The summed E-state index contributed by atoms with van der Waals surface area (Å²) in [5, 5.41) is 17.8. The van der Waals surface area contributed by atoms with Crippen LogP contribution in [-0.4, -0.2) is 16.2 Å². The Bertz CT molecular complexity index is 1010. The number of carboxylic acid groups (broad SMARTS) is 1. The zero-order chi connectivity index (χ0) is 19.8. The van der Waals surface area contributed by atoms with Crippen LogP contribution in [0.15, 0.2) is 109 Å². The number of carbonyl (C=O) groups is 1. The average molecular weight is 368 g/mol. The van der Waals surface area contributed by atoms with E-state index in [2.05, 4.69) is 0 Å². The fourth-order valence-electron chi connectivity index (χ4n) is 2.72. The van der Waals surface area contributed by atoms with Crippen LogP contribution in [0.2, 0.25) is 0 Å². The predicted molar refractivity (Wildman–Crippen MR) is 112 cm³/mol. The lowest BCUT2D eigenvalue weighted by Crippen LogP contribution is -1.94. The van der Waals surface area contributed by atoms with E-state index in [0.717, 1.165) is 16.7 Å². The molecule has 0 fully saturated rings. The van der Waals surface area contributed by atoms with Crippen molar-refractivity contribution in [2.75, 3.05) is 0 Å². The third-order valence-electron chi connectivity index (χ3n) is 4.21. The van der Waals surface area contributed by atoms with Gasteiger partial charge in [-0.3, -0.25) is 0 Å². The van der Waals surface area contributed by atoms with E-state index in [-0.39, 0.29) is 0 Å². The third-order valence-corrected chi connectivity index (χ3v) is 4.21. The number of aromatic carboxylic acids is 1. The monoisotopic (exact) mass is 368 g/mol. The van der Waals surface area contributed by atoms with Crippen molar-refractivity contribution in [2.24, 2.45) is 0 Å². The first-order valence-electron chi connectivity index (χ1n) is 8.87. The second-order valence-electron chi connectivity index (χ2n) is 6.16. The Hall–Kier alpha value is -3.85. The molecule has 0 atom stereocenters. The first-order chi connectivity index (χ1) is 13.6. The van der Waals surface area contributed by atoms with Crippen molar-refractivity contribution in [1.82, 2.24) is 0 Å². The van der Waals surface area contributed by atoms with Crippen molar-refractivity contribution in [3.63, 3.8) is 0 Å². The van der Waals surface area contributed by atoms with E-state index in [0.29, 0.717) is 11.3 Å². The Morgan fingerprint density at radius 1 is 0.500 bits per heavy atom. The minimum Gasteiger partial charge on any atom is -0.508 e. The van der Waals surface area contributed by atoms with Crippen molar-refractivity contribution >= 4 is 5.97 Å². The lowest BCUT2D eigenvalue weighted by atomic mass is 10.0. The number of phenolic OH excluding ortho intramolecular Hbond substituents is 1. The molecule has 0 aromatic heterocycles. The lowest BCUT2D eigenvalue weighted by molar-refractivity contribution is 0.0697. The molecular formula is C25H20O3. The summed E-state index contributed by atoms with van der Waals surface area (Å²) in [6.45, 7) is 0. The largest absolute Gasteiger partial charge is 0.508 e. The van der Waals surface area contributed by atoms with Crippen LogP contribution in [0.25, 0.3) is 22.3 Å². The van der Waals surface area contributed by atoms with Crippen molar-refractivity contribution in [3.8, 4) is 28.0 Å². The Labute approximate surface area is 164 Å². The fourth-order valence-corrected chi connectivity index (χ4v) is 2.72. The maximum Gasteiger partial charge on any atom is 0.335 e. The summed E-state index contributed by atoms with van der Waals surface area (Å²) >= 11 is 0. The SMILES string of the molecule is O=C(O)c1ccc(-c2ccccc2)cc1.Oc1ccc(-c2ccccc2)cc1. The van der Waals surface area contributed by atoms with Crippen LogP contribution in [0.5, 0.6) is 5.75 Å². The average Bonchev–Trinajstić information content (AvgIpc) is 2.76. The van der Waals surface area contributed by atoms with Gasteiger partial charge in [-0.15, -0.1) is 0 Å². The fraction of sp³-hybridized carbons (Fsp3) is 0. The number of hydrogen-bond acceptors (Lipinski definition) is 2. The molecule has 2 N–H and O–H groups in total. The lowest BCUT2D eigenvalue weighted by Gasteiger charge is -2.01. The van der Waals surface area contributed by atoms with Gasteiger partial charge >= 0.3 is 5.97 Å². The maximum absolute atomic E-state index is 10.6.